The first-order valence-electron chi connectivity index (χ1n) is 10.0. The highest BCUT2D eigenvalue weighted by Crippen LogP contribution is 2.39. The molecule has 5 rings (SSSR count). The lowest BCUT2D eigenvalue weighted by Gasteiger charge is -2.23. The van der Waals surface area contributed by atoms with Crippen molar-refractivity contribution in [3.63, 3.8) is 0 Å². The Balaban J connectivity index is 1.50. The lowest BCUT2D eigenvalue weighted by atomic mass is 9.85. The summed E-state index contributed by atoms with van der Waals surface area (Å²) in [5, 5.41) is 0. The average molecular weight is 424 g/mol. The number of benzene rings is 2. The standard InChI is InChI=1S/C23H19F3N4O/c24-17-7-8-18(25)19(26)16(17)12-31-15-6-2-5-14(11-15)20-21-22(27)28-9-10-30(21)23(29-20)13-3-1-4-13/h2,5-11,13H,1,3-4,12H2,(H2,27,28). The molecule has 2 aromatic heterocycles. The number of imidazole rings is 1. The van der Waals surface area contributed by atoms with Crippen LogP contribution in [0.3, 0.4) is 0 Å². The number of nitrogen functional groups attached to an aromatic ring is 1. The Bertz CT molecular complexity index is 1280. The number of anilines is 1. The smallest absolute Gasteiger partial charge is 0.168 e. The van der Waals surface area contributed by atoms with Crippen LogP contribution < -0.4 is 10.5 Å². The second kappa shape index (κ2) is 7.61. The minimum Gasteiger partial charge on any atom is -0.489 e. The Kier molecular flexibility index (Phi) is 4.77. The number of ether oxygens (including phenoxy) is 1. The van der Waals surface area contributed by atoms with E-state index in [1.165, 1.54) is 6.42 Å². The number of hydrogen-bond donors (Lipinski definition) is 1. The summed E-state index contributed by atoms with van der Waals surface area (Å²) in [4.78, 5) is 9.06. The predicted octanol–water partition coefficient (Wildman–Crippen LogP) is 5.24. The zero-order valence-corrected chi connectivity index (χ0v) is 16.5. The Morgan fingerprint density at radius 2 is 1.90 bits per heavy atom. The topological polar surface area (TPSA) is 65.4 Å². The van der Waals surface area contributed by atoms with Gasteiger partial charge in [-0.2, -0.15) is 0 Å². The molecular weight excluding hydrogens is 405 g/mol. The van der Waals surface area contributed by atoms with Crippen LogP contribution in [0.5, 0.6) is 5.75 Å². The van der Waals surface area contributed by atoms with Gasteiger partial charge in [0.1, 0.15) is 41.0 Å². The van der Waals surface area contributed by atoms with E-state index in [-0.39, 0.29) is 0 Å². The molecule has 158 valence electrons. The molecule has 2 aromatic carbocycles. The summed E-state index contributed by atoms with van der Waals surface area (Å²) in [5.74, 6) is -1.17. The largest absolute Gasteiger partial charge is 0.489 e. The highest BCUT2D eigenvalue weighted by atomic mass is 19.2. The quantitative estimate of drug-likeness (QED) is 0.445. The van der Waals surface area contributed by atoms with E-state index in [9.17, 15) is 13.2 Å². The molecule has 0 spiro atoms. The van der Waals surface area contributed by atoms with Gasteiger partial charge in [-0.3, -0.25) is 4.40 Å². The number of rotatable bonds is 5. The Morgan fingerprint density at radius 1 is 1.10 bits per heavy atom. The van der Waals surface area contributed by atoms with Gasteiger partial charge in [0.2, 0.25) is 0 Å². The van der Waals surface area contributed by atoms with Crippen LogP contribution in [0.4, 0.5) is 19.0 Å². The molecule has 2 heterocycles. The van der Waals surface area contributed by atoms with Crippen molar-refractivity contribution in [2.45, 2.75) is 31.8 Å². The molecule has 0 atom stereocenters. The molecule has 31 heavy (non-hydrogen) atoms. The summed E-state index contributed by atoms with van der Waals surface area (Å²) >= 11 is 0. The number of aromatic nitrogens is 3. The van der Waals surface area contributed by atoms with E-state index in [0.717, 1.165) is 36.4 Å². The van der Waals surface area contributed by atoms with Crippen molar-refractivity contribution >= 4 is 11.3 Å². The average Bonchev–Trinajstić information content (AvgIpc) is 3.10. The number of halogens is 3. The Hall–Kier alpha value is -3.55. The van der Waals surface area contributed by atoms with Gasteiger partial charge < -0.3 is 10.5 Å². The van der Waals surface area contributed by atoms with Crippen molar-refractivity contribution in [3.8, 4) is 17.0 Å². The third kappa shape index (κ3) is 3.37. The molecule has 4 aromatic rings. The first-order valence-corrected chi connectivity index (χ1v) is 10.0. The minimum atomic E-state index is -1.25. The molecule has 0 unspecified atom stereocenters. The highest BCUT2D eigenvalue weighted by molar-refractivity contribution is 5.85. The zero-order chi connectivity index (χ0) is 21.5. The molecule has 0 bridgehead atoms. The predicted molar refractivity (Wildman–Crippen MR) is 110 cm³/mol. The molecule has 1 saturated carbocycles. The van der Waals surface area contributed by atoms with Crippen molar-refractivity contribution in [1.29, 1.82) is 0 Å². The molecule has 1 fully saturated rings. The molecule has 1 aliphatic rings. The van der Waals surface area contributed by atoms with Crippen molar-refractivity contribution in [2.24, 2.45) is 0 Å². The SMILES string of the molecule is Nc1nccn2c(C3CCC3)nc(-c3cccc(OCc4c(F)ccc(F)c4F)c3)c12. The van der Waals surface area contributed by atoms with Crippen molar-refractivity contribution < 1.29 is 17.9 Å². The van der Waals surface area contributed by atoms with E-state index >= 15 is 0 Å². The van der Waals surface area contributed by atoms with Crippen LogP contribution in [0.25, 0.3) is 16.8 Å². The highest BCUT2D eigenvalue weighted by Gasteiger charge is 2.27. The number of hydrogen-bond acceptors (Lipinski definition) is 4. The van der Waals surface area contributed by atoms with E-state index in [1.54, 1.807) is 24.4 Å². The summed E-state index contributed by atoms with van der Waals surface area (Å²) < 4.78 is 48.8. The fraction of sp³-hybridized carbons (Fsp3) is 0.217. The van der Waals surface area contributed by atoms with Crippen LogP contribution >= 0.6 is 0 Å². The molecule has 0 amide bonds. The molecule has 0 radical (unpaired) electrons. The lowest BCUT2D eigenvalue weighted by Crippen LogP contribution is -2.12. The monoisotopic (exact) mass is 424 g/mol. The molecular formula is C23H19F3N4O. The van der Waals surface area contributed by atoms with Crippen molar-refractivity contribution in [1.82, 2.24) is 14.4 Å². The van der Waals surface area contributed by atoms with Crippen LogP contribution in [-0.4, -0.2) is 14.4 Å². The Labute approximate surface area is 176 Å². The molecule has 0 saturated heterocycles. The summed E-state index contributed by atoms with van der Waals surface area (Å²) in [7, 11) is 0. The van der Waals surface area contributed by atoms with Gasteiger partial charge in [-0.1, -0.05) is 18.6 Å². The number of nitrogens with two attached hydrogens (primary N) is 1. The maximum absolute atomic E-state index is 13.9. The minimum absolute atomic E-state index is 0.366. The number of nitrogens with zero attached hydrogens (tertiary/aromatic N) is 3. The Morgan fingerprint density at radius 3 is 2.68 bits per heavy atom. The van der Waals surface area contributed by atoms with E-state index in [4.69, 9.17) is 15.5 Å². The number of fused-ring (bicyclic) bond motifs is 1. The molecule has 0 aliphatic heterocycles. The fourth-order valence-corrected chi connectivity index (χ4v) is 3.83. The first-order chi connectivity index (χ1) is 15.0. The van der Waals surface area contributed by atoms with Crippen LogP contribution in [0, 0.1) is 17.5 Å². The van der Waals surface area contributed by atoms with Gasteiger partial charge in [0.15, 0.2) is 11.6 Å². The maximum atomic E-state index is 13.9. The van der Waals surface area contributed by atoms with Gasteiger partial charge in [-0.15, -0.1) is 0 Å². The summed E-state index contributed by atoms with van der Waals surface area (Å²) in [6.45, 7) is -0.445. The zero-order valence-electron chi connectivity index (χ0n) is 16.5. The first kappa shape index (κ1) is 19.4. The maximum Gasteiger partial charge on any atom is 0.168 e. The third-order valence-corrected chi connectivity index (χ3v) is 5.71. The second-order valence-corrected chi connectivity index (χ2v) is 7.62. The fourth-order valence-electron chi connectivity index (χ4n) is 3.83. The van der Waals surface area contributed by atoms with E-state index in [1.807, 2.05) is 16.7 Å². The van der Waals surface area contributed by atoms with Crippen molar-refractivity contribution in [3.05, 3.63) is 77.6 Å². The molecule has 8 heteroatoms. The van der Waals surface area contributed by atoms with Gasteiger partial charge in [0.25, 0.3) is 0 Å². The van der Waals surface area contributed by atoms with Crippen LogP contribution in [0.1, 0.15) is 36.6 Å². The van der Waals surface area contributed by atoms with Gasteiger partial charge >= 0.3 is 0 Å². The summed E-state index contributed by atoms with van der Waals surface area (Å²) in [6.07, 6.45) is 6.83. The van der Waals surface area contributed by atoms with E-state index < -0.39 is 29.6 Å². The van der Waals surface area contributed by atoms with Gasteiger partial charge in [0, 0.05) is 23.9 Å². The summed E-state index contributed by atoms with van der Waals surface area (Å²) in [6, 6.07) is 8.61. The van der Waals surface area contributed by atoms with Crippen LogP contribution in [-0.2, 0) is 6.61 Å². The third-order valence-electron chi connectivity index (χ3n) is 5.71. The second-order valence-electron chi connectivity index (χ2n) is 7.62. The molecule has 2 N–H and O–H groups in total. The molecule has 1 aliphatic carbocycles. The van der Waals surface area contributed by atoms with Gasteiger partial charge in [-0.25, -0.2) is 23.1 Å². The van der Waals surface area contributed by atoms with E-state index in [0.29, 0.717) is 28.7 Å². The lowest BCUT2D eigenvalue weighted by molar-refractivity contribution is 0.289. The van der Waals surface area contributed by atoms with Crippen LogP contribution in [0.15, 0.2) is 48.8 Å². The normalized spacial score (nSPS) is 14.0. The van der Waals surface area contributed by atoms with Gasteiger partial charge in [-0.05, 0) is 37.1 Å². The van der Waals surface area contributed by atoms with Crippen molar-refractivity contribution in [2.75, 3.05) is 5.73 Å². The van der Waals surface area contributed by atoms with Gasteiger partial charge in [0.05, 0.1) is 5.56 Å². The molecule has 5 nitrogen and oxygen atoms in total. The van der Waals surface area contributed by atoms with E-state index in [2.05, 4.69) is 4.98 Å². The van der Waals surface area contributed by atoms with Crippen LogP contribution in [0.2, 0.25) is 0 Å². The summed E-state index contributed by atoms with van der Waals surface area (Å²) in [5.41, 5.74) is 7.82.